The van der Waals surface area contributed by atoms with E-state index in [9.17, 15) is 4.79 Å². The summed E-state index contributed by atoms with van der Waals surface area (Å²) >= 11 is 11.2. The van der Waals surface area contributed by atoms with E-state index in [4.69, 9.17) is 11.6 Å². The van der Waals surface area contributed by atoms with Crippen LogP contribution in [0.25, 0.3) is 10.9 Å². The van der Waals surface area contributed by atoms with E-state index in [0.29, 0.717) is 22.5 Å². The number of nitrogens with zero attached hydrogens (tertiary/aromatic N) is 3. The highest BCUT2D eigenvalue weighted by atomic mass is 79.9. The van der Waals surface area contributed by atoms with Gasteiger partial charge in [-0.05, 0) is 52.4 Å². The molecule has 0 bridgehead atoms. The molecule has 3 rings (SSSR count). The summed E-state index contributed by atoms with van der Waals surface area (Å²) in [6, 6.07) is 5.68. The molecule has 1 aromatic carbocycles. The second-order valence-corrected chi connectivity index (χ2v) is 7.91. The van der Waals surface area contributed by atoms with Crippen molar-refractivity contribution in [3.8, 4) is 0 Å². The minimum atomic E-state index is -0.0724. The lowest BCUT2D eigenvalue weighted by atomic mass is 10.1. The van der Waals surface area contributed by atoms with Gasteiger partial charge < -0.3 is 0 Å². The number of halogens is 2. The number of pyridine rings is 1. The zero-order valence-corrected chi connectivity index (χ0v) is 16.4. The van der Waals surface area contributed by atoms with E-state index >= 15 is 0 Å². The zero-order chi connectivity index (χ0) is 17.3. The SMILES string of the molecule is CCSc1ncc(Cl)cc1Cn1cnc2c(Br)cc(C)cc2c1=O. The van der Waals surface area contributed by atoms with E-state index in [-0.39, 0.29) is 5.56 Å². The van der Waals surface area contributed by atoms with E-state index in [0.717, 1.165) is 26.4 Å². The van der Waals surface area contributed by atoms with Crippen molar-refractivity contribution in [2.75, 3.05) is 5.75 Å². The van der Waals surface area contributed by atoms with Crippen molar-refractivity contribution in [1.29, 1.82) is 0 Å². The molecule has 7 heteroatoms. The normalized spacial score (nSPS) is 11.2. The third-order valence-corrected chi connectivity index (χ3v) is 5.28. The van der Waals surface area contributed by atoms with Crippen LogP contribution < -0.4 is 5.56 Å². The molecule has 24 heavy (non-hydrogen) atoms. The summed E-state index contributed by atoms with van der Waals surface area (Å²) in [6.07, 6.45) is 3.21. The van der Waals surface area contributed by atoms with Crippen molar-refractivity contribution in [3.63, 3.8) is 0 Å². The van der Waals surface area contributed by atoms with Crippen molar-refractivity contribution in [3.05, 3.63) is 61.7 Å². The van der Waals surface area contributed by atoms with E-state index in [1.165, 1.54) is 0 Å². The lowest BCUT2D eigenvalue weighted by molar-refractivity contribution is 0.729. The van der Waals surface area contributed by atoms with Crippen LogP contribution in [-0.2, 0) is 6.54 Å². The number of benzene rings is 1. The molecule has 124 valence electrons. The van der Waals surface area contributed by atoms with Crippen LogP contribution in [0.4, 0.5) is 0 Å². The topological polar surface area (TPSA) is 47.8 Å². The van der Waals surface area contributed by atoms with Crippen molar-refractivity contribution in [2.45, 2.75) is 25.4 Å². The highest BCUT2D eigenvalue weighted by Crippen LogP contribution is 2.24. The summed E-state index contributed by atoms with van der Waals surface area (Å²) in [5.41, 5.74) is 2.54. The molecule has 3 aromatic rings. The van der Waals surface area contributed by atoms with Crippen molar-refractivity contribution in [1.82, 2.24) is 14.5 Å². The summed E-state index contributed by atoms with van der Waals surface area (Å²) < 4.78 is 2.43. The second-order valence-electron chi connectivity index (χ2n) is 5.37. The Bertz CT molecular complexity index is 974. The summed E-state index contributed by atoms with van der Waals surface area (Å²) in [5.74, 6) is 0.901. The van der Waals surface area contributed by atoms with Crippen LogP contribution in [0.1, 0.15) is 18.1 Å². The first-order chi connectivity index (χ1) is 11.5. The molecule has 0 aliphatic rings. The lowest BCUT2D eigenvalue weighted by Crippen LogP contribution is -2.21. The first kappa shape index (κ1) is 17.5. The summed E-state index contributed by atoms with van der Waals surface area (Å²) in [4.78, 5) is 21.6. The highest BCUT2D eigenvalue weighted by Gasteiger charge is 2.11. The van der Waals surface area contributed by atoms with Gasteiger partial charge in [0.2, 0.25) is 0 Å². The number of thioether (sulfide) groups is 1. The maximum absolute atomic E-state index is 12.8. The Hall–Kier alpha value is -1.37. The summed E-state index contributed by atoms with van der Waals surface area (Å²) in [6.45, 7) is 4.41. The molecule has 0 saturated heterocycles. The molecule has 0 spiro atoms. The number of fused-ring (bicyclic) bond motifs is 1. The average Bonchev–Trinajstić information content (AvgIpc) is 2.53. The van der Waals surface area contributed by atoms with Crippen LogP contribution >= 0.6 is 39.3 Å². The molecule has 4 nitrogen and oxygen atoms in total. The Morgan fingerprint density at radius 1 is 1.29 bits per heavy atom. The first-order valence-corrected chi connectivity index (χ1v) is 9.57. The molecular weight excluding hydrogens is 410 g/mol. The second kappa shape index (κ2) is 7.25. The molecule has 2 aromatic heterocycles. The average molecular weight is 425 g/mol. The minimum Gasteiger partial charge on any atom is -0.294 e. The Balaban J connectivity index is 2.10. The van der Waals surface area contributed by atoms with Gasteiger partial charge in [0.05, 0.1) is 28.8 Å². The van der Waals surface area contributed by atoms with Crippen molar-refractivity contribution >= 4 is 50.2 Å². The van der Waals surface area contributed by atoms with Crippen molar-refractivity contribution in [2.24, 2.45) is 0 Å². The quantitative estimate of drug-likeness (QED) is 0.571. The van der Waals surface area contributed by atoms with Crippen molar-refractivity contribution < 1.29 is 0 Å². The smallest absolute Gasteiger partial charge is 0.261 e. The van der Waals surface area contributed by atoms with Gasteiger partial charge in [-0.2, -0.15) is 0 Å². The van der Waals surface area contributed by atoms with E-state index in [2.05, 4.69) is 32.8 Å². The molecule has 0 N–H and O–H groups in total. The molecule has 0 unspecified atom stereocenters. The number of rotatable bonds is 4. The number of hydrogen-bond acceptors (Lipinski definition) is 4. The summed E-state index contributed by atoms with van der Waals surface area (Å²) in [5, 5.41) is 2.05. The Labute approximate surface area is 157 Å². The summed E-state index contributed by atoms with van der Waals surface area (Å²) in [7, 11) is 0. The lowest BCUT2D eigenvalue weighted by Gasteiger charge is -2.11. The fraction of sp³-hybridized carbons (Fsp3) is 0.235. The van der Waals surface area contributed by atoms with Gasteiger partial charge in [0.25, 0.3) is 5.56 Å². The zero-order valence-electron chi connectivity index (χ0n) is 13.2. The molecule has 0 amide bonds. The van der Waals surface area contributed by atoms with Gasteiger partial charge in [-0.25, -0.2) is 9.97 Å². The van der Waals surface area contributed by atoms with Crippen LogP contribution in [0.5, 0.6) is 0 Å². The molecule has 0 fully saturated rings. The van der Waals surface area contributed by atoms with Gasteiger partial charge >= 0.3 is 0 Å². The predicted octanol–water partition coefficient (Wildman–Crippen LogP) is 4.68. The fourth-order valence-corrected chi connectivity index (χ4v) is 4.08. The first-order valence-electron chi connectivity index (χ1n) is 7.42. The molecular formula is C17H15BrClN3OS. The van der Waals surface area contributed by atoms with Crippen LogP contribution in [0, 0.1) is 6.92 Å². The molecule has 0 saturated carbocycles. The van der Waals surface area contributed by atoms with Gasteiger partial charge in [-0.15, -0.1) is 11.8 Å². The Morgan fingerprint density at radius 3 is 2.83 bits per heavy atom. The van der Waals surface area contributed by atoms with Gasteiger partial charge in [-0.3, -0.25) is 9.36 Å². The van der Waals surface area contributed by atoms with Crippen LogP contribution in [-0.4, -0.2) is 20.3 Å². The van der Waals surface area contributed by atoms with Gasteiger partial charge in [0.1, 0.15) is 5.03 Å². The van der Waals surface area contributed by atoms with E-state index in [1.807, 2.05) is 25.1 Å². The van der Waals surface area contributed by atoms with E-state index in [1.54, 1.807) is 28.9 Å². The minimum absolute atomic E-state index is 0.0724. The number of hydrogen-bond donors (Lipinski definition) is 0. The number of aromatic nitrogens is 3. The monoisotopic (exact) mass is 423 g/mol. The maximum atomic E-state index is 12.8. The fourth-order valence-electron chi connectivity index (χ4n) is 2.51. The highest BCUT2D eigenvalue weighted by molar-refractivity contribution is 9.10. The Kier molecular flexibility index (Phi) is 5.27. The number of aryl methyl sites for hydroxylation is 1. The standard InChI is InChI=1S/C17H15BrClN3OS/c1-3-24-16-11(6-12(19)7-20-16)8-22-9-21-15-13(17(22)23)4-10(2)5-14(15)18/h4-7,9H,3,8H2,1-2H3. The predicted molar refractivity (Wildman–Crippen MR) is 103 cm³/mol. The molecule has 0 atom stereocenters. The largest absolute Gasteiger partial charge is 0.294 e. The third kappa shape index (κ3) is 3.50. The van der Waals surface area contributed by atoms with Gasteiger partial charge in [-0.1, -0.05) is 18.5 Å². The van der Waals surface area contributed by atoms with Crippen LogP contribution in [0.2, 0.25) is 5.02 Å². The molecule has 2 heterocycles. The molecule has 0 aliphatic heterocycles. The molecule has 0 radical (unpaired) electrons. The van der Waals surface area contributed by atoms with Crippen LogP contribution in [0.3, 0.4) is 0 Å². The van der Waals surface area contributed by atoms with Crippen LogP contribution in [0.15, 0.2) is 45.0 Å². The Morgan fingerprint density at radius 2 is 2.08 bits per heavy atom. The molecule has 0 aliphatic carbocycles. The van der Waals surface area contributed by atoms with Gasteiger partial charge in [0, 0.05) is 16.2 Å². The maximum Gasteiger partial charge on any atom is 0.261 e. The van der Waals surface area contributed by atoms with Gasteiger partial charge in [0.15, 0.2) is 0 Å². The van der Waals surface area contributed by atoms with E-state index < -0.39 is 0 Å². The third-order valence-electron chi connectivity index (χ3n) is 3.54.